The molecule has 4 heteroatoms. The molecule has 0 saturated heterocycles. The lowest BCUT2D eigenvalue weighted by Gasteiger charge is -2.21. The Bertz CT molecular complexity index is 684. The van der Waals surface area contributed by atoms with Crippen LogP contribution in [-0.4, -0.2) is 12.0 Å². The van der Waals surface area contributed by atoms with Gasteiger partial charge in [-0.25, -0.2) is 0 Å². The summed E-state index contributed by atoms with van der Waals surface area (Å²) in [6.45, 7) is 2.62. The van der Waals surface area contributed by atoms with Crippen molar-refractivity contribution in [3.05, 3.63) is 53.5 Å². The number of furan rings is 1. The molecular weight excluding hydrogens is 326 g/mol. The van der Waals surface area contributed by atoms with Crippen LogP contribution in [0.4, 0.5) is 5.69 Å². The van der Waals surface area contributed by atoms with Crippen molar-refractivity contribution in [1.29, 1.82) is 0 Å². The van der Waals surface area contributed by atoms with Gasteiger partial charge in [-0.3, -0.25) is 4.79 Å². The van der Waals surface area contributed by atoms with E-state index in [1.165, 1.54) is 37.7 Å². The maximum Gasteiger partial charge on any atom is 0.291 e. The number of aryl methyl sites for hydroxylation is 1. The van der Waals surface area contributed by atoms with Crippen LogP contribution in [0.15, 0.2) is 40.8 Å². The van der Waals surface area contributed by atoms with Crippen LogP contribution in [0.25, 0.3) is 0 Å². The number of ether oxygens (including phenoxy) is 1. The van der Waals surface area contributed by atoms with Crippen LogP contribution in [0, 0.1) is 0 Å². The van der Waals surface area contributed by atoms with Crippen molar-refractivity contribution in [2.75, 3.05) is 5.32 Å². The number of hydrogen-bond acceptors (Lipinski definition) is 3. The monoisotopic (exact) mass is 355 g/mol. The van der Waals surface area contributed by atoms with Crippen LogP contribution in [0.2, 0.25) is 0 Å². The van der Waals surface area contributed by atoms with E-state index in [-0.39, 0.29) is 5.91 Å². The summed E-state index contributed by atoms with van der Waals surface area (Å²) in [6.07, 6.45) is 9.83. The molecule has 1 saturated carbocycles. The molecule has 0 aliphatic heterocycles. The summed E-state index contributed by atoms with van der Waals surface area (Å²) < 4.78 is 11.5. The molecule has 0 atom stereocenters. The number of nitrogens with one attached hydrogen (secondary N) is 1. The van der Waals surface area contributed by atoms with Gasteiger partial charge in [-0.1, -0.05) is 44.7 Å². The summed E-state index contributed by atoms with van der Waals surface area (Å²) in [6, 6.07) is 11.6. The first kappa shape index (κ1) is 18.7. The van der Waals surface area contributed by atoms with E-state index in [0.29, 0.717) is 24.2 Å². The van der Waals surface area contributed by atoms with Crippen molar-refractivity contribution in [3.8, 4) is 0 Å². The van der Waals surface area contributed by atoms with Crippen LogP contribution in [0.3, 0.4) is 0 Å². The quantitative estimate of drug-likeness (QED) is 0.658. The third-order valence-corrected chi connectivity index (χ3v) is 4.93. The van der Waals surface area contributed by atoms with Crippen molar-refractivity contribution >= 4 is 11.6 Å². The molecule has 3 rings (SSSR count). The van der Waals surface area contributed by atoms with Gasteiger partial charge in [0.25, 0.3) is 5.91 Å². The summed E-state index contributed by atoms with van der Waals surface area (Å²) >= 11 is 0. The molecular formula is C22H29NO3. The number of benzene rings is 1. The second-order valence-electron chi connectivity index (χ2n) is 7.09. The molecule has 26 heavy (non-hydrogen) atoms. The standard InChI is InChI=1S/C22H29NO3/c1-2-3-7-17-10-12-18(13-11-17)23-22(24)21-15-14-20(26-21)16-25-19-8-5-4-6-9-19/h10-15,19H,2-9,16H2,1H3,(H,23,24). The predicted octanol–water partition coefficient (Wildman–Crippen LogP) is 5.72. The Hall–Kier alpha value is -2.07. The fourth-order valence-corrected chi connectivity index (χ4v) is 3.34. The van der Waals surface area contributed by atoms with Crippen LogP contribution < -0.4 is 5.32 Å². The van der Waals surface area contributed by atoms with E-state index in [4.69, 9.17) is 9.15 Å². The van der Waals surface area contributed by atoms with Crippen molar-refractivity contribution in [3.63, 3.8) is 0 Å². The minimum atomic E-state index is -0.227. The predicted molar refractivity (Wildman–Crippen MR) is 103 cm³/mol. The summed E-state index contributed by atoms with van der Waals surface area (Å²) in [4.78, 5) is 12.3. The number of anilines is 1. The second kappa shape index (κ2) is 9.58. The fraction of sp³-hybridized carbons (Fsp3) is 0.500. The van der Waals surface area contributed by atoms with Crippen LogP contribution in [0.1, 0.15) is 73.7 Å². The second-order valence-corrected chi connectivity index (χ2v) is 7.09. The van der Waals surface area contributed by atoms with Gasteiger partial charge in [0.1, 0.15) is 12.4 Å². The van der Waals surface area contributed by atoms with Crippen LogP contribution in [-0.2, 0) is 17.8 Å². The Kier molecular flexibility index (Phi) is 6.89. The first-order valence-electron chi connectivity index (χ1n) is 9.85. The first-order valence-corrected chi connectivity index (χ1v) is 9.85. The highest BCUT2D eigenvalue weighted by Crippen LogP contribution is 2.22. The smallest absolute Gasteiger partial charge is 0.291 e. The molecule has 1 heterocycles. The molecule has 1 aromatic carbocycles. The molecule has 0 radical (unpaired) electrons. The molecule has 2 aromatic rings. The van der Waals surface area contributed by atoms with Gasteiger partial charge < -0.3 is 14.5 Å². The van der Waals surface area contributed by atoms with E-state index in [2.05, 4.69) is 24.4 Å². The van der Waals surface area contributed by atoms with Crippen molar-refractivity contribution in [1.82, 2.24) is 0 Å². The van der Waals surface area contributed by atoms with Gasteiger partial charge in [-0.2, -0.15) is 0 Å². The molecule has 140 valence electrons. The largest absolute Gasteiger partial charge is 0.453 e. The number of amides is 1. The molecule has 0 unspecified atom stereocenters. The number of carbonyl (C=O) groups is 1. The minimum Gasteiger partial charge on any atom is -0.453 e. The van der Waals surface area contributed by atoms with Gasteiger partial charge in [0.2, 0.25) is 0 Å². The third kappa shape index (κ3) is 5.46. The van der Waals surface area contributed by atoms with Gasteiger partial charge in [-0.15, -0.1) is 0 Å². The number of rotatable bonds is 8. The Morgan fingerprint density at radius 3 is 2.62 bits per heavy atom. The fourth-order valence-electron chi connectivity index (χ4n) is 3.34. The van der Waals surface area contributed by atoms with Crippen LogP contribution in [0.5, 0.6) is 0 Å². The Morgan fingerprint density at radius 1 is 1.12 bits per heavy atom. The molecule has 1 aliphatic carbocycles. The molecule has 1 N–H and O–H groups in total. The van der Waals surface area contributed by atoms with Gasteiger partial charge in [0, 0.05) is 5.69 Å². The maximum absolute atomic E-state index is 12.3. The molecule has 4 nitrogen and oxygen atoms in total. The summed E-state index contributed by atoms with van der Waals surface area (Å²) in [7, 11) is 0. The SMILES string of the molecule is CCCCc1ccc(NC(=O)c2ccc(COC3CCCCC3)o2)cc1. The van der Waals surface area contributed by atoms with E-state index < -0.39 is 0 Å². The molecule has 1 fully saturated rings. The lowest BCUT2D eigenvalue weighted by Crippen LogP contribution is -2.16. The first-order chi connectivity index (χ1) is 12.7. The van der Waals surface area contributed by atoms with E-state index in [9.17, 15) is 4.79 Å². The van der Waals surface area contributed by atoms with Gasteiger partial charge in [0.15, 0.2) is 5.76 Å². The molecule has 1 aromatic heterocycles. The highest BCUT2D eigenvalue weighted by molar-refractivity contribution is 6.02. The molecule has 0 bridgehead atoms. The topological polar surface area (TPSA) is 51.5 Å². The van der Waals surface area contributed by atoms with Gasteiger partial charge in [-0.05, 0) is 55.5 Å². The molecule has 1 aliphatic rings. The lowest BCUT2D eigenvalue weighted by molar-refractivity contribution is 0.00849. The molecule has 1 amide bonds. The Labute approximate surface area is 155 Å². The minimum absolute atomic E-state index is 0.227. The number of hydrogen-bond donors (Lipinski definition) is 1. The normalized spacial score (nSPS) is 15.1. The average molecular weight is 355 g/mol. The zero-order valence-electron chi connectivity index (χ0n) is 15.6. The zero-order valence-corrected chi connectivity index (χ0v) is 15.6. The number of carbonyl (C=O) groups excluding carboxylic acids is 1. The zero-order chi connectivity index (χ0) is 18.2. The highest BCUT2D eigenvalue weighted by atomic mass is 16.5. The lowest BCUT2D eigenvalue weighted by atomic mass is 9.98. The Balaban J connectivity index is 1.49. The number of unbranched alkanes of at least 4 members (excludes halogenated alkanes) is 1. The average Bonchev–Trinajstić information content (AvgIpc) is 3.16. The Morgan fingerprint density at radius 2 is 1.88 bits per heavy atom. The summed E-state index contributed by atoms with van der Waals surface area (Å²) in [5.74, 6) is 0.799. The molecule has 0 spiro atoms. The summed E-state index contributed by atoms with van der Waals surface area (Å²) in [5.41, 5.74) is 2.08. The van der Waals surface area contributed by atoms with E-state index in [1.54, 1.807) is 6.07 Å². The van der Waals surface area contributed by atoms with E-state index in [1.807, 2.05) is 18.2 Å². The van der Waals surface area contributed by atoms with Crippen LogP contribution >= 0.6 is 0 Å². The van der Waals surface area contributed by atoms with Crippen molar-refractivity contribution in [2.45, 2.75) is 71.0 Å². The van der Waals surface area contributed by atoms with Gasteiger partial charge in [0.05, 0.1) is 6.10 Å². The van der Waals surface area contributed by atoms with Crippen molar-refractivity contribution in [2.24, 2.45) is 0 Å². The van der Waals surface area contributed by atoms with Gasteiger partial charge >= 0.3 is 0 Å². The third-order valence-electron chi connectivity index (χ3n) is 4.93. The maximum atomic E-state index is 12.3. The summed E-state index contributed by atoms with van der Waals surface area (Å²) in [5, 5.41) is 2.89. The van der Waals surface area contributed by atoms with Crippen molar-refractivity contribution < 1.29 is 13.9 Å². The highest BCUT2D eigenvalue weighted by Gasteiger charge is 2.16. The van der Waals surface area contributed by atoms with E-state index in [0.717, 1.165) is 24.9 Å². The van der Waals surface area contributed by atoms with E-state index >= 15 is 0 Å².